The summed E-state index contributed by atoms with van der Waals surface area (Å²) in [5.74, 6) is -0.607. The number of rotatable bonds is 13. The summed E-state index contributed by atoms with van der Waals surface area (Å²) in [6.45, 7) is 2.60. The Morgan fingerprint density at radius 2 is 1.77 bits per heavy atom. The van der Waals surface area contributed by atoms with Crippen LogP contribution in [0.4, 0.5) is 0 Å². The lowest BCUT2D eigenvalue weighted by atomic mass is 9.90. The lowest BCUT2D eigenvalue weighted by molar-refractivity contribution is -0.195. The Morgan fingerprint density at radius 3 is 2.43 bits per heavy atom. The zero-order valence-electron chi connectivity index (χ0n) is 25.2. The molecule has 3 aliphatic heterocycles. The fraction of sp³-hybridized carbons (Fsp3) is 0.562. The number of ether oxygens (including phenoxy) is 4. The maximum Gasteiger partial charge on any atom is 0.306 e. The Bertz CT molecular complexity index is 1380. The van der Waals surface area contributed by atoms with Crippen LogP contribution >= 0.6 is 0 Å². The molecule has 0 aliphatic carbocycles. The second-order valence-corrected chi connectivity index (χ2v) is 13.8. The number of benzene rings is 2. The van der Waals surface area contributed by atoms with Crippen molar-refractivity contribution in [3.8, 4) is 5.75 Å². The first kappa shape index (κ1) is 32.4. The Balaban J connectivity index is 1.36. The van der Waals surface area contributed by atoms with Gasteiger partial charge in [0.2, 0.25) is 15.9 Å². The number of nitrogens with one attached hydrogen (secondary N) is 1. The zero-order chi connectivity index (χ0) is 31.3. The molecule has 2 aromatic rings. The van der Waals surface area contributed by atoms with Crippen LogP contribution in [-0.4, -0.2) is 87.7 Å². The van der Waals surface area contributed by atoms with Gasteiger partial charge in [-0.15, -0.1) is 0 Å². The summed E-state index contributed by atoms with van der Waals surface area (Å²) in [5.41, 5.74) is 1.77. The lowest BCUT2D eigenvalue weighted by Crippen LogP contribution is -2.47. The van der Waals surface area contributed by atoms with Crippen molar-refractivity contribution >= 4 is 21.9 Å². The molecular formula is C32H42N2O9S. The molecule has 0 unspecified atom stereocenters. The highest BCUT2D eigenvalue weighted by atomic mass is 32.2. The standard InChI is InChI=1S/C32H42N2O9S/c1-21-3-10-26(11-4-21)44(38,39)34(19-24-7-12-30(36)33-24)20-28(35)23(17-22-5-8-25(40-2)9-6-22)18-31(37)43-29-14-16-42-32-27(29)13-15-41-32/h3-6,8-11,23-24,27-29,32,35H,7,12-20H2,1-2H3,(H,33,36)/t23-,24-,27+,28-,29+,32-/m1/s1. The Labute approximate surface area is 258 Å². The van der Waals surface area contributed by atoms with Crippen LogP contribution in [0.15, 0.2) is 53.4 Å². The van der Waals surface area contributed by atoms with E-state index in [2.05, 4.69) is 5.32 Å². The summed E-state index contributed by atoms with van der Waals surface area (Å²) in [5, 5.41) is 14.5. The van der Waals surface area contributed by atoms with E-state index in [4.69, 9.17) is 18.9 Å². The van der Waals surface area contributed by atoms with E-state index in [9.17, 15) is 23.1 Å². The molecule has 0 aromatic heterocycles. The first-order chi connectivity index (χ1) is 21.1. The summed E-state index contributed by atoms with van der Waals surface area (Å²) >= 11 is 0. The minimum atomic E-state index is -4.03. The predicted octanol–water partition coefficient (Wildman–Crippen LogP) is 2.58. The molecule has 3 saturated heterocycles. The number of esters is 1. The maximum atomic E-state index is 13.9. The number of sulfonamides is 1. The molecule has 11 nitrogen and oxygen atoms in total. The van der Waals surface area contributed by atoms with Crippen LogP contribution in [0.25, 0.3) is 0 Å². The van der Waals surface area contributed by atoms with Crippen molar-refractivity contribution in [1.82, 2.24) is 9.62 Å². The average molecular weight is 631 g/mol. The SMILES string of the molecule is COc1ccc(C[C@H](CC(=O)O[C@H]2CCO[C@H]3OCC[C@H]32)[C@H](O)CN(C[C@H]2CCC(=O)N2)S(=O)(=O)c2ccc(C)cc2)cc1. The Morgan fingerprint density at radius 1 is 1.07 bits per heavy atom. The minimum Gasteiger partial charge on any atom is -0.497 e. The van der Waals surface area contributed by atoms with Crippen molar-refractivity contribution in [2.45, 2.75) is 74.9 Å². The summed E-state index contributed by atoms with van der Waals surface area (Å²) < 4.78 is 51.4. The van der Waals surface area contributed by atoms with Gasteiger partial charge in [0.1, 0.15) is 11.9 Å². The minimum absolute atomic E-state index is 0.00382. The van der Waals surface area contributed by atoms with Gasteiger partial charge in [-0.25, -0.2) is 8.42 Å². The van der Waals surface area contributed by atoms with Crippen LogP contribution in [0.5, 0.6) is 5.75 Å². The molecule has 3 heterocycles. The largest absolute Gasteiger partial charge is 0.497 e. The molecule has 44 heavy (non-hydrogen) atoms. The molecule has 0 radical (unpaired) electrons. The van der Waals surface area contributed by atoms with E-state index in [0.717, 1.165) is 17.5 Å². The lowest BCUT2D eigenvalue weighted by Gasteiger charge is -2.33. The molecule has 0 saturated carbocycles. The highest BCUT2D eigenvalue weighted by molar-refractivity contribution is 7.89. The topological polar surface area (TPSA) is 141 Å². The van der Waals surface area contributed by atoms with Crippen molar-refractivity contribution < 1.29 is 42.1 Å². The van der Waals surface area contributed by atoms with Gasteiger partial charge in [0.15, 0.2) is 6.29 Å². The summed E-state index contributed by atoms with van der Waals surface area (Å²) in [6, 6.07) is 13.5. The van der Waals surface area contributed by atoms with Gasteiger partial charge in [-0.1, -0.05) is 29.8 Å². The Kier molecular flexibility index (Phi) is 10.6. The third-order valence-corrected chi connectivity index (χ3v) is 10.6. The van der Waals surface area contributed by atoms with Crippen LogP contribution in [-0.2, 0) is 40.2 Å². The summed E-state index contributed by atoms with van der Waals surface area (Å²) in [4.78, 5) is 25.4. The van der Waals surface area contributed by atoms with E-state index >= 15 is 0 Å². The van der Waals surface area contributed by atoms with E-state index < -0.39 is 28.0 Å². The van der Waals surface area contributed by atoms with Crippen LogP contribution in [0.3, 0.4) is 0 Å². The van der Waals surface area contributed by atoms with Gasteiger partial charge in [0, 0.05) is 43.8 Å². The predicted molar refractivity (Wildman–Crippen MR) is 160 cm³/mol. The highest BCUT2D eigenvalue weighted by Gasteiger charge is 2.41. The monoisotopic (exact) mass is 630 g/mol. The van der Waals surface area contributed by atoms with Crippen LogP contribution < -0.4 is 10.1 Å². The summed E-state index contributed by atoms with van der Waals surface area (Å²) in [6.07, 6.45) is 0.389. The molecular weight excluding hydrogens is 588 g/mol. The highest BCUT2D eigenvalue weighted by Crippen LogP contribution is 2.33. The molecule has 12 heteroatoms. The molecule has 0 bridgehead atoms. The molecule has 3 aliphatic rings. The molecule has 5 rings (SSSR count). The van der Waals surface area contributed by atoms with Gasteiger partial charge < -0.3 is 29.4 Å². The molecule has 6 atom stereocenters. The fourth-order valence-electron chi connectivity index (χ4n) is 6.16. The van der Waals surface area contributed by atoms with Gasteiger partial charge in [0.05, 0.1) is 37.7 Å². The van der Waals surface area contributed by atoms with Gasteiger partial charge >= 0.3 is 5.97 Å². The molecule has 3 fully saturated rings. The number of carbonyl (C=O) groups is 2. The second-order valence-electron chi connectivity index (χ2n) is 11.9. The number of amides is 1. The molecule has 1 amide bonds. The van der Waals surface area contributed by atoms with Gasteiger partial charge in [0.25, 0.3) is 0 Å². The number of nitrogens with zero attached hydrogens (tertiary/aromatic N) is 1. The fourth-order valence-corrected chi connectivity index (χ4v) is 7.66. The van der Waals surface area contributed by atoms with E-state index in [1.807, 2.05) is 19.1 Å². The third kappa shape index (κ3) is 7.97. The quantitative estimate of drug-likeness (QED) is 0.320. The van der Waals surface area contributed by atoms with E-state index in [1.165, 1.54) is 16.4 Å². The first-order valence-electron chi connectivity index (χ1n) is 15.2. The van der Waals surface area contributed by atoms with Gasteiger partial charge in [-0.2, -0.15) is 4.31 Å². The second kappa shape index (κ2) is 14.4. The average Bonchev–Trinajstić information content (AvgIpc) is 3.66. The van der Waals surface area contributed by atoms with Crippen molar-refractivity contribution in [1.29, 1.82) is 0 Å². The molecule has 0 spiro atoms. The van der Waals surface area contributed by atoms with Crippen LogP contribution in [0.2, 0.25) is 0 Å². The van der Waals surface area contributed by atoms with Crippen molar-refractivity contribution in [2.24, 2.45) is 11.8 Å². The number of aryl methyl sites for hydroxylation is 1. The van der Waals surface area contributed by atoms with Crippen molar-refractivity contribution in [3.63, 3.8) is 0 Å². The number of methoxy groups -OCH3 is 1. The maximum absolute atomic E-state index is 13.9. The van der Waals surface area contributed by atoms with E-state index in [0.29, 0.717) is 44.6 Å². The van der Waals surface area contributed by atoms with Gasteiger partial charge in [-0.05, 0) is 56.0 Å². The smallest absolute Gasteiger partial charge is 0.306 e. The Hall–Kier alpha value is -3.03. The number of carbonyl (C=O) groups excluding carboxylic acids is 2. The van der Waals surface area contributed by atoms with Crippen LogP contribution in [0, 0.1) is 18.8 Å². The zero-order valence-corrected chi connectivity index (χ0v) is 26.0. The summed E-state index contributed by atoms with van der Waals surface area (Å²) in [7, 11) is -2.46. The number of aliphatic hydroxyl groups excluding tert-OH is 1. The first-order valence-corrected chi connectivity index (χ1v) is 16.7. The van der Waals surface area contributed by atoms with E-state index in [1.54, 1.807) is 31.4 Å². The third-order valence-electron chi connectivity index (χ3n) is 8.72. The molecule has 240 valence electrons. The van der Waals surface area contributed by atoms with Gasteiger partial charge in [-0.3, -0.25) is 9.59 Å². The van der Waals surface area contributed by atoms with E-state index in [-0.39, 0.29) is 54.7 Å². The van der Waals surface area contributed by atoms with Crippen molar-refractivity contribution in [2.75, 3.05) is 33.4 Å². The number of hydrogen-bond acceptors (Lipinski definition) is 9. The normalized spacial score (nSPS) is 24.9. The number of aliphatic hydroxyl groups is 1. The number of fused-ring (bicyclic) bond motifs is 1. The van der Waals surface area contributed by atoms with Crippen LogP contribution in [0.1, 0.15) is 43.2 Å². The molecule has 2 aromatic carbocycles. The number of hydrogen-bond donors (Lipinski definition) is 2. The van der Waals surface area contributed by atoms with Crippen molar-refractivity contribution in [3.05, 3.63) is 59.7 Å². The molecule has 2 N–H and O–H groups in total.